The summed E-state index contributed by atoms with van der Waals surface area (Å²) in [4.78, 5) is 12.0. The van der Waals surface area contributed by atoms with Crippen molar-refractivity contribution < 1.29 is 31.1 Å². The molecule has 1 aromatic rings. The largest absolute Gasteiger partial charge is 0.416 e. The lowest BCUT2D eigenvalue weighted by Crippen LogP contribution is -2.43. The SMILES string of the molecule is O=C1CN(CC(F)(F)F)c2ccc(C(F)(F)F)cc2N1. The summed E-state index contributed by atoms with van der Waals surface area (Å²) >= 11 is 0. The fourth-order valence-electron chi connectivity index (χ4n) is 1.89. The molecule has 1 aliphatic heterocycles. The van der Waals surface area contributed by atoms with Gasteiger partial charge in [-0.25, -0.2) is 0 Å². The fraction of sp³-hybridized carbons (Fsp3) is 0.364. The number of nitrogens with one attached hydrogen (secondary N) is 1. The molecule has 0 bridgehead atoms. The van der Waals surface area contributed by atoms with E-state index >= 15 is 0 Å². The second kappa shape index (κ2) is 4.57. The van der Waals surface area contributed by atoms with Gasteiger partial charge in [-0.05, 0) is 18.2 Å². The second-order valence-electron chi connectivity index (χ2n) is 4.25. The van der Waals surface area contributed by atoms with Crippen molar-refractivity contribution in [3.63, 3.8) is 0 Å². The fourth-order valence-corrected chi connectivity index (χ4v) is 1.89. The van der Waals surface area contributed by atoms with Crippen LogP contribution in [0.5, 0.6) is 0 Å². The highest BCUT2D eigenvalue weighted by atomic mass is 19.4. The predicted molar refractivity (Wildman–Crippen MR) is 58.3 cm³/mol. The Hall–Kier alpha value is -1.93. The first kappa shape index (κ1) is 14.5. The minimum atomic E-state index is -4.63. The van der Waals surface area contributed by atoms with Gasteiger partial charge < -0.3 is 10.2 Å². The molecule has 2 rings (SSSR count). The molecule has 3 nitrogen and oxygen atoms in total. The van der Waals surface area contributed by atoms with Crippen LogP contribution in [0.2, 0.25) is 0 Å². The summed E-state index contributed by atoms with van der Waals surface area (Å²) in [5.74, 6) is -0.791. The third kappa shape index (κ3) is 3.14. The number of rotatable bonds is 1. The highest BCUT2D eigenvalue weighted by molar-refractivity contribution is 6.01. The number of fused-ring (bicyclic) bond motifs is 1. The van der Waals surface area contributed by atoms with Crippen LogP contribution in [0.15, 0.2) is 18.2 Å². The van der Waals surface area contributed by atoms with Crippen LogP contribution >= 0.6 is 0 Å². The summed E-state index contributed by atoms with van der Waals surface area (Å²) in [5, 5.41) is 2.14. The van der Waals surface area contributed by atoms with Gasteiger partial charge in [-0.2, -0.15) is 26.3 Å². The quantitative estimate of drug-likeness (QED) is 0.808. The highest BCUT2D eigenvalue weighted by Gasteiger charge is 2.36. The lowest BCUT2D eigenvalue weighted by molar-refractivity contribution is -0.137. The number of anilines is 2. The smallest absolute Gasteiger partial charge is 0.351 e. The molecule has 0 aliphatic carbocycles. The van der Waals surface area contributed by atoms with Gasteiger partial charge in [0.2, 0.25) is 5.91 Å². The Morgan fingerprint density at radius 2 is 1.80 bits per heavy atom. The average molecular weight is 298 g/mol. The van der Waals surface area contributed by atoms with Crippen molar-refractivity contribution in [3.8, 4) is 0 Å². The molecule has 0 unspecified atom stereocenters. The van der Waals surface area contributed by atoms with E-state index in [1.54, 1.807) is 0 Å². The molecule has 1 heterocycles. The van der Waals surface area contributed by atoms with Crippen LogP contribution in [-0.4, -0.2) is 25.2 Å². The van der Waals surface area contributed by atoms with Gasteiger partial charge in [-0.3, -0.25) is 4.79 Å². The number of hydrogen-bond acceptors (Lipinski definition) is 2. The summed E-state index contributed by atoms with van der Waals surface area (Å²) in [7, 11) is 0. The summed E-state index contributed by atoms with van der Waals surface area (Å²) in [6, 6.07) is 2.22. The molecule has 1 aromatic carbocycles. The molecule has 0 saturated carbocycles. The van der Waals surface area contributed by atoms with Crippen molar-refractivity contribution in [3.05, 3.63) is 23.8 Å². The molecule has 110 valence electrons. The number of amides is 1. The van der Waals surface area contributed by atoms with Crippen LogP contribution in [0.3, 0.4) is 0 Å². The van der Waals surface area contributed by atoms with E-state index in [0.717, 1.165) is 6.07 Å². The molecule has 1 amide bonds. The number of halogens is 6. The third-order valence-electron chi connectivity index (χ3n) is 2.64. The summed E-state index contributed by atoms with van der Waals surface area (Å²) in [5.41, 5.74) is -1.40. The van der Waals surface area contributed by atoms with E-state index in [4.69, 9.17) is 0 Å². The van der Waals surface area contributed by atoms with Crippen LogP contribution in [0.1, 0.15) is 5.56 Å². The minimum Gasteiger partial charge on any atom is -0.351 e. The lowest BCUT2D eigenvalue weighted by Gasteiger charge is -2.31. The Morgan fingerprint density at radius 3 is 2.35 bits per heavy atom. The zero-order valence-corrected chi connectivity index (χ0v) is 9.77. The number of benzene rings is 1. The number of alkyl halides is 6. The van der Waals surface area contributed by atoms with Crippen LogP contribution in [0, 0.1) is 0 Å². The van der Waals surface area contributed by atoms with E-state index < -0.39 is 36.9 Å². The standard InChI is InChI=1S/C11H8F6N2O/c12-10(13,14)5-19-4-9(20)18-7-3-6(11(15,16)17)1-2-8(7)19/h1-3H,4-5H2,(H,18,20). The van der Waals surface area contributed by atoms with Crippen molar-refractivity contribution >= 4 is 17.3 Å². The molecule has 1 aliphatic rings. The van der Waals surface area contributed by atoms with Crippen molar-refractivity contribution in [2.24, 2.45) is 0 Å². The van der Waals surface area contributed by atoms with E-state index in [0.29, 0.717) is 17.0 Å². The van der Waals surface area contributed by atoms with Crippen LogP contribution in [-0.2, 0) is 11.0 Å². The van der Waals surface area contributed by atoms with Crippen LogP contribution in [0.4, 0.5) is 37.7 Å². The Bertz CT molecular complexity index is 537. The molecule has 1 N–H and O–H groups in total. The van der Waals surface area contributed by atoms with Gasteiger partial charge in [-0.15, -0.1) is 0 Å². The Labute approximate surface area is 109 Å². The van der Waals surface area contributed by atoms with E-state index in [2.05, 4.69) is 5.32 Å². The zero-order chi connectivity index (χ0) is 15.1. The van der Waals surface area contributed by atoms with Gasteiger partial charge in [0, 0.05) is 0 Å². The lowest BCUT2D eigenvalue weighted by atomic mass is 10.1. The molecular weight excluding hydrogens is 290 g/mol. The summed E-state index contributed by atoms with van der Waals surface area (Å²) < 4.78 is 74.7. The van der Waals surface area contributed by atoms with Crippen molar-refractivity contribution in [1.29, 1.82) is 0 Å². The summed E-state index contributed by atoms with van der Waals surface area (Å²) in [6.07, 6.45) is -9.19. The van der Waals surface area contributed by atoms with E-state index in [9.17, 15) is 31.1 Å². The second-order valence-corrected chi connectivity index (χ2v) is 4.25. The van der Waals surface area contributed by atoms with Gasteiger partial charge in [0.1, 0.15) is 6.54 Å². The van der Waals surface area contributed by atoms with Crippen molar-refractivity contribution in [2.45, 2.75) is 12.4 Å². The Morgan fingerprint density at radius 1 is 1.15 bits per heavy atom. The number of nitrogens with zero attached hydrogens (tertiary/aromatic N) is 1. The maximum atomic E-state index is 12.5. The number of hydrogen-bond donors (Lipinski definition) is 1. The maximum Gasteiger partial charge on any atom is 0.416 e. The third-order valence-corrected chi connectivity index (χ3v) is 2.64. The molecule has 0 aromatic heterocycles. The van der Waals surface area contributed by atoms with Gasteiger partial charge in [0.05, 0.1) is 23.5 Å². The first-order chi connectivity index (χ1) is 9.06. The normalized spacial score (nSPS) is 15.9. The molecular formula is C11H8F6N2O. The van der Waals surface area contributed by atoms with Gasteiger partial charge >= 0.3 is 12.4 Å². The number of carbonyl (C=O) groups is 1. The first-order valence-corrected chi connectivity index (χ1v) is 5.39. The first-order valence-electron chi connectivity index (χ1n) is 5.39. The Kier molecular flexibility index (Phi) is 3.31. The Balaban J connectivity index is 2.39. The van der Waals surface area contributed by atoms with Crippen molar-refractivity contribution in [2.75, 3.05) is 23.3 Å². The molecule has 9 heteroatoms. The number of carbonyl (C=O) groups excluding carboxylic acids is 1. The maximum absolute atomic E-state index is 12.5. The van der Waals surface area contributed by atoms with Gasteiger partial charge in [0.25, 0.3) is 0 Å². The molecule has 0 fully saturated rings. The minimum absolute atomic E-state index is 0.0880. The van der Waals surface area contributed by atoms with Crippen LogP contribution in [0.25, 0.3) is 0 Å². The van der Waals surface area contributed by atoms with Gasteiger partial charge in [-0.1, -0.05) is 0 Å². The molecule has 20 heavy (non-hydrogen) atoms. The average Bonchev–Trinajstić information content (AvgIpc) is 2.24. The molecule has 0 radical (unpaired) electrons. The van der Waals surface area contributed by atoms with Gasteiger partial charge in [0.15, 0.2) is 0 Å². The van der Waals surface area contributed by atoms with Crippen molar-refractivity contribution in [1.82, 2.24) is 0 Å². The molecule has 0 saturated heterocycles. The zero-order valence-electron chi connectivity index (χ0n) is 9.77. The van der Waals surface area contributed by atoms with Crippen LogP contribution < -0.4 is 10.2 Å². The van der Waals surface area contributed by atoms with E-state index in [1.807, 2.05) is 0 Å². The predicted octanol–water partition coefficient (Wildman–Crippen LogP) is 3.03. The highest BCUT2D eigenvalue weighted by Crippen LogP contribution is 2.37. The van der Waals surface area contributed by atoms with E-state index in [1.165, 1.54) is 0 Å². The molecule has 0 atom stereocenters. The topological polar surface area (TPSA) is 32.3 Å². The summed E-state index contributed by atoms with van der Waals surface area (Å²) in [6.45, 7) is -1.96. The van der Waals surface area contributed by atoms with E-state index in [-0.39, 0.29) is 11.4 Å². The molecule has 0 spiro atoms. The monoisotopic (exact) mass is 298 g/mol.